The monoisotopic (exact) mass is 356 g/mol. The van der Waals surface area contributed by atoms with E-state index in [1.807, 2.05) is 0 Å². The first-order chi connectivity index (χ1) is 11.6. The number of nitrogens with one attached hydrogen (secondary N) is 2. The number of carbonyl (C=O) groups is 4. The maximum absolute atomic E-state index is 12.5. The molecule has 1 heterocycles. The SMILES string of the molecule is CC(C)[C@H](NC(=O)[C@@H]1CCCN1C(=O)[C@H](C)NC(=O)[C@H](C)N)C(=O)O. The molecular weight excluding hydrogens is 328 g/mol. The molecule has 25 heavy (non-hydrogen) atoms. The van der Waals surface area contributed by atoms with Gasteiger partial charge in [0.05, 0.1) is 6.04 Å². The van der Waals surface area contributed by atoms with Crippen LogP contribution in [-0.2, 0) is 19.2 Å². The van der Waals surface area contributed by atoms with Crippen LogP contribution in [0.5, 0.6) is 0 Å². The molecule has 0 saturated carbocycles. The molecule has 0 aromatic carbocycles. The van der Waals surface area contributed by atoms with E-state index in [1.54, 1.807) is 13.8 Å². The zero-order valence-electron chi connectivity index (χ0n) is 15.1. The van der Waals surface area contributed by atoms with Crippen LogP contribution in [0.2, 0.25) is 0 Å². The Hall–Kier alpha value is -2.16. The Bertz CT molecular complexity index is 535. The third kappa shape index (κ3) is 5.42. The molecule has 4 atom stereocenters. The fourth-order valence-corrected chi connectivity index (χ4v) is 2.72. The van der Waals surface area contributed by atoms with Gasteiger partial charge in [-0.2, -0.15) is 0 Å². The van der Waals surface area contributed by atoms with Crippen LogP contribution in [0.4, 0.5) is 0 Å². The third-order valence-electron chi connectivity index (χ3n) is 4.21. The van der Waals surface area contributed by atoms with E-state index in [0.717, 1.165) is 0 Å². The van der Waals surface area contributed by atoms with Crippen molar-refractivity contribution in [3.63, 3.8) is 0 Å². The van der Waals surface area contributed by atoms with Crippen LogP contribution in [0.3, 0.4) is 0 Å². The van der Waals surface area contributed by atoms with Gasteiger partial charge in [-0.1, -0.05) is 13.8 Å². The summed E-state index contributed by atoms with van der Waals surface area (Å²) in [5.74, 6) is -2.72. The Kier molecular flexibility index (Phi) is 7.35. The van der Waals surface area contributed by atoms with E-state index in [9.17, 15) is 24.3 Å². The van der Waals surface area contributed by atoms with Gasteiger partial charge < -0.3 is 26.4 Å². The Morgan fingerprint density at radius 2 is 1.72 bits per heavy atom. The maximum Gasteiger partial charge on any atom is 0.326 e. The number of nitrogens with two attached hydrogens (primary N) is 1. The Balaban J connectivity index is 2.77. The van der Waals surface area contributed by atoms with Gasteiger partial charge >= 0.3 is 5.97 Å². The lowest BCUT2D eigenvalue weighted by Crippen LogP contribution is -2.56. The van der Waals surface area contributed by atoms with Crippen molar-refractivity contribution in [1.29, 1.82) is 0 Å². The van der Waals surface area contributed by atoms with Gasteiger partial charge in [0.2, 0.25) is 17.7 Å². The standard InChI is InChI=1S/C16H28N4O5/c1-8(2)12(16(24)25)19-14(22)11-6-5-7-20(11)15(23)10(4)18-13(21)9(3)17/h8-12H,5-7,17H2,1-4H3,(H,18,21)(H,19,22)(H,24,25)/t9-,10-,11-,12-/m0/s1. The highest BCUT2D eigenvalue weighted by Gasteiger charge is 2.38. The minimum absolute atomic E-state index is 0.281. The molecule has 5 N–H and O–H groups in total. The number of nitrogens with zero attached hydrogens (tertiary/aromatic N) is 1. The van der Waals surface area contributed by atoms with Crippen molar-refractivity contribution in [3.05, 3.63) is 0 Å². The van der Waals surface area contributed by atoms with E-state index in [0.29, 0.717) is 19.4 Å². The van der Waals surface area contributed by atoms with Gasteiger partial charge in [0.25, 0.3) is 0 Å². The molecule has 0 spiro atoms. The molecule has 9 nitrogen and oxygen atoms in total. The molecule has 1 aliphatic rings. The summed E-state index contributed by atoms with van der Waals surface area (Å²) < 4.78 is 0. The molecule has 1 aliphatic heterocycles. The summed E-state index contributed by atoms with van der Waals surface area (Å²) in [6.45, 7) is 6.82. The molecule has 0 aliphatic carbocycles. The van der Waals surface area contributed by atoms with Crippen LogP contribution in [0, 0.1) is 5.92 Å². The van der Waals surface area contributed by atoms with Crippen LogP contribution in [0.15, 0.2) is 0 Å². The van der Waals surface area contributed by atoms with E-state index in [1.165, 1.54) is 18.7 Å². The average molecular weight is 356 g/mol. The van der Waals surface area contributed by atoms with Gasteiger partial charge in [0, 0.05) is 6.54 Å². The van der Waals surface area contributed by atoms with Gasteiger partial charge in [0.15, 0.2) is 0 Å². The number of amides is 3. The number of carboxylic acid groups (broad SMARTS) is 1. The number of aliphatic carboxylic acids is 1. The van der Waals surface area contributed by atoms with E-state index in [4.69, 9.17) is 5.73 Å². The van der Waals surface area contributed by atoms with E-state index in [2.05, 4.69) is 10.6 Å². The second-order valence-electron chi connectivity index (χ2n) is 6.78. The van der Waals surface area contributed by atoms with Gasteiger partial charge in [-0.15, -0.1) is 0 Å². The number of hydrogen-bond donors (Lipinski definition) is 4. The van der Waals surface area contributed by atoms with Crippen molar-refractivity contribution < 1.29 is 24.3 Å². The van der Waals surface area contributed by atoms with Crippen molar-refractivity contribution in [1.82, 2.24) is 15.5 Å². The van der Waals surface area contributed by atoms with Crippen molar-refractivity contribution in [3.8, 4) is 0 Å². The molecule has 0 radical (unpaired) electrons. The van der Waals surface area contributed by atoms with Crippen molar-refractivity contribution in [2.45, 2.75) is 64.7 Å². The van der Waals surface area contributed by atoms with Gasteiger partial charge in [0.1, 0.15) is 18.1 Å². The molecular formula is C16H28N4O5. The fraction of sp³-hybridized carbons (Fsp3) is 0.750. The first-order valence-corrected chi connectivity index (χ1v) is 8.45. The highest BCUT2D eigenvalue weighted by atomic mass is 16.4. The number of rotatable bonds is 7. The zero-order chi connectivity index (χ0) is 19.3. The molecule has 9 heteroatoms. The number of hydrogen-bond acceptors (Lipinski definition) is 5. The van der Waals surface area contributed by atoms with Crippen LogP contribution in [0.1, 0.15) is 40.5 Å². The largest absolute Gasteiger partial charge is 0.480 e. The molecule has 1 saturated heterocycles. The summed E-state index contributed by atoms with van der Waals surface area (Å²) in [6, 6.07) is -3.30. The lowest BCUT2D eigenvalue weighted by molar-refractivity contribution is -0.145. The summed E-state index contributed by atoms with van der Waals surface area (Å²) >= 11 is 0. The molecule has 0 aromatic rings. The average Bonchev–Trinajstić information content (AvgIpc) is 3.00. The number of carboxylic acids is 1. The number of likely N-dealkylation sites (tertiary alicyclic amines) is 1. The quantitative estimate of drug-likeness (QED) is 0.463. The van der Waals surface area contributed by atoms with Gasteiger partial charge in [-0.3, -0.25) is 14.4 Å². The lowest BCUT2D eigenvalue weighted by Gasteiger charge is -2.29. The summed E-state index contributed by atoms with van der Waals surface area (Å²) in [6.07, 6.45) is 1.09. The second kappa shape index (κ2) is 8.80. The van der Waals surface area contributed by atoms with Crippen molar-refractivity contribution >= 4 is 23.7 Å². The second-order valence-corrected chi connectivity index (χ2v) is 6.78. The topological polar surface area (TPSA) is 142 Å². The zero-order valence-corrected chi connectivity index (χ0v) is 15.1. The van der Waals surface area contributed by atoms with Crippen molar-refractivity contribution in [2.24, 2.45) is 11.7 Å². The normalized spacial score (nSPS) is 20.7. The predicted molar refractivity (Wildman–Crippen MR) is 90.4 cm³/mol. The minimum Gasteiger partial charge on any atom is -0.480 e. The first-order valence-electron chi connectivity index (χ1n) is 8.45. The molecule has 0 bridgehead atoms. The predicted octanol–water partition coefficient (Wildman–Crippen LogP) is -0.945. The molecule has 1 fully saturated rings. The highest BCUT2D eigenvalue weighted by Crippen LogP contribution is 2.19. The lowest BCUT2D eigenvalue weighted by atomic mass is 10.0. The van der Waals surface area contributed by atoms with Gasteiger partial charge in [-0.05, 0) is 32.6 Å². The fourth-order valence-electron chi connectivity index (χ4n) is 2.72. The maximum atomic E-state index is 12.5. The molecule has 142 valence electrons. The highest BCUT2D eigenvalue weighted by molar-refractivity contribution is 5.94. The van der Waals surface area contributed by atoms with Crippen LogP contribution in [0.25, 0.3) is 0 Å². The Morgan fingerprint density at radius 3 is 2.20 bits per heavy atom. The minimum atomic E-state index is -1.11. The van der Waals surface area contributed by atoms with E-state index >= 15 is 0 Å². The molecule has 1 rings (SSSR count). The number of carbonyl (C=O) groups excluding carboxylic acids is 3. The Morgan fingerprint density at radius 1 is 1.12 bits per heavy atom. The van der Waals surface area contributed by atoms with Crippen molar-refractivity contribution in [2.75, 3.05) is 6.54 Å². The summed E-state index contributed by atoms with van der Waals surface area (Å²) in [4.78, 5) is 49.3. The summed E-state index contributed by atoms with van der Waals surface area (Å²) in [5, 5.41) is 14.2. The summed E-state index contributed by atoms with van der Waals surface area (Å²) in [7, 11) is 0. The van der Waals surface area contributed by atoms with E-state index in [-0.39, 0.29) is 11.8 Å². The van der Waals surface area contributed by atoms with Crippen LogP contribution in [-0.4, -0.2) is 64.4 Å². The first kappa shape index (κ1) is 20.9. The summed E-state index contributed by atoms with van der Waals surface area (Å²) in [5.41, 5.74) is 5.47. The van der Waals surface area contributed by atoms with Crippen LogP contribution < -0.4 is 16.4 Å². The Labute approximate surface area is 147 Å². The molecule has 0 unspecified atom stereocenters. The van der Waals surface area contributed by atoms with E-state index < -0.39 is 42.0 Å². The molecule has 0 aromatic heterocycles. The smallest absolute Gasteiger partial charge is 0.326 e. The molecule has 3 amide bonds. The van der Waals surface area contributed by atoms with Crippen LogP contribution >= 0.6 is 0 Å². The van der Waals surface area contributed by atoms with Gasteiger partial charge in [-0.25, -0.2) is 4.79 Å². The third-order valence-corrected chi connectivity index (χ3v) is 4.21.